The van der Waals surface area contributed by atoms with Crippen molar-refractivity contribution in [3.63, 3.8) is 0 Å². The highest BCUT2D eigenvalue weighted by Gasteiger charge is 2.25. The molecule has 1 N–H and O–H groups in total. The maximum Gasteiger partial charge on any atom is 0.239 e. The molecule has 0 radical (unpaired) electrons. The van der Waals surface area contributed by atoms with E-state index in [-0.39, 0.29) is 22.4 Å². The number of amides is 1. The van der Waals surface area contributed by atoms with Crippen LogP contribution in [0, 0.1) is 6.92 Å². The van der Waals surface area contributed by atoms with Crippen LogP contribution in [-0.4, -0.2) is 39.3 Å². The number of rotatable bonds is 9. The first-order valence-corrected chi connectivity index (χ1v) is 15.5. The van der Waals surface area contributed by atoms with E-state index in [1.54, 1.807) is 35.8 Å². The van der Waals surface area contributed by atoms with E-state index in [4.69, 9.17) is 0 Å². The monoisotopic (exact) mass is 575 g/mol. The van der Waals surface area contributed by atoms with Gasteiger partial charge < -0.3 is 5.32 Å². The molecule has 3 aromatic carbocycles. The van der Waals surface area contributed by atoms with Crippen LogP contribution in [0.15, 0.2) is 100 Å². The standard InChI is InChI=1S/C28H25N5O3S3/c1-19-13-15-23(16-14-19)39(35,36)18-25-31-32-28(33(25)22-11-7-4-8-12-22)38-20(2)26(34)30-27-29-24(17-37-27)21-9-5-3-6-10-21/h3-17,20H,18H2,1-2H3,(H,29,30,34). The summed E-state index contributed by atoms with van der Waals surface area (Å²) in [5.41, 5.74) is 3.45. The number of carbonyl (C=O) groups is 1. The van der Waals surface area contributed by atoms with Gasteiger partial charge in [-0.25, -0.2) is 13.4 Å². The Morgan fingerprint density at radius 2 is 1.64 bits per heavy atom. The zero-order chi connectivity index (χ0) is 27.4. The van der Waals surface area contributed by atoms with E-state index in [9.17, 15) is 13.2 Å². The lowest BCUT2D eigenvalue weighted by atomic mass is 10.2. The molecule has 0 bridgehead atoms. The smallest absolute Gasteiger partial charge is 0.239 e. The molecule has 0 saturated heterocycles. The number of benzene rings is 3. The van der Waals surface area contributed by atoms with Gasteiger partial charge in [0.05, 0.1) is 15.8 Å². The normalized spacial score (nSPS) is 12.3. The van der Waals surface area contributed by atoms with Crippen LogP contribution in [-0.2, 0) is 20.4 Å². The lowest BCUT2D eigenvalue weighted by Crippen LogP contribution is -2.23. The minimum atomic E-state index is -3.67. The molecule has 2 heterocycles. The van der Waals surface area contributed by atoms with Gasteiger partial charge in [-0.05, 0) is 38.1 Å². The Morgan fingerprint density at radius 1 is 0.974 bits per heavy atom. The topological polar surface area (TPSA) is 107 Å². The van der Waals surface area contributed by atoms with E-state index in [2.05, 4.69) is 20.5 Å². The highest BCUT2D eigenvalue weighted by Crippen LogP contribution is 2.29. The molecular formula is C28H25N5O3S3. The summed E-state index contributed by atoms with van der Waals surface area (Å²) in [7, 11) is -3.67. The van der Waals surface area contributed by atoms with E-state index in [0.717, 1.165) is 16.8 Å². The molecule has 8 nitrogen and oxygen atoms in total. The summed E-state index contributed by atoms with van der Waals surface area (Å²) < 4.78 is 28.1. The molecule has 0 fully saturated rings. The predicted octanol–water partition coefficient (Wildman–Crippen LogP) is 5.79. The zero-order valence-corrected chi connectivity index (χ0v) is 23.6. The molecule has 11 heteroatoms. The molecule has 39 heavy (non-hydrogen) atoms. The number of thiazole rings is 1. The Labute approximate surface area is 235 Å². The zero-order valence-electron chi connectivity index (χ0n) is 21.2. The first kappa shape index (κ1) is 26.8. The molecule has 0 aliphatic carbocycles. The van der Waals surface area contributed by atoms with Gasteiger partial charge in [0.1, 0.15) is 5.75 Å². The number of thioether (sulfide) groups is 1. The molecule has 0 spiro atoms. The van der Waals surface area contributed by atoms with Gasteiger partial charge in [0, 0.05) is 16.6 Å². The van der Waals surface area contributed by atoms with Crippen LogP contribution in [0.25, 0.3) is 16.9 Å². The van der Waals surface area contributed by atoms with Gasteiger partial charge in [0.25, 0.3) is 0 Å². The summed E-state index contributed by atoms with van der Waals surface area (Å²) in [4.78, 5) is 17.8. The largest absolute Gasteiger partial charge is 0.301 e. The van der Waals surface area contributed by atoms with Gasteiger partial charge in [-0.1, -0.05) is 78.0 Å². The molecule has 1 amide bonds. The summed E-state index contributed by atoms with van der Waals surface area (Å²) >= 11 is 2.55. The lowest BCUT2D eigenvalue weighted by molar-refractivity contribution is -0.115. The number of carbonyl (C=O) groups excluding carboxylic acids is 1. The van der Waals surface area contributed by atoms with Gasteiger partial charge in [0.15, 0.2) is 25.9 Å². The third-order valence-electron chi connectivity index (χ3n) is 5.87. The van der Waals surface area contributed by atoms with Gasteiger partial charge in [-0.3, -0.25) is 9.36 Å². The second-order valence-electron chi connectivity index (χ2n) is 8.80. The molecular weight excluding hydrogens is 551 g/mol. The van der Waals surface area contributed by atoms with Crippen LogP contribution < -0.4 is 5.32 Å². The molecule has 198 valence electrons. The van der Waals surface area contributed by atoms with Crippen molar-refractivity contribution in [2.45, 2.75) is 34.9 Å². The van der Waals surface area contributed by atoms with E-state index in [1.807, 2.05) is 73.0 Å². The van der Waals surface area contributed by atoms with Crippen molar-refractivity contribution in [3.05, 3.63) is 102 Å². The van der Waals surface area contributed by atoms with E-state index in [0.29, 0.717) is 16.0 Å². The maximum atomic E-state index is 13.2. The van der Waals surface area contributed by atoms with Crippen LogP contribution in [0.1, 0.15) is 18.3 Å². The fraction of sp³-hybridized carbons (Fsp3) is 0.143. The number of hydrogen-bond donors (Lipinski definition) is 1. The Bertz CT molecular complexity index is 1680. The number of nitrogens with zero attached hydrogens (tertiary/aromatic N) is 4. The third-order valence-corrected chi connectivity index (χ3v) is 9.30. The summed E-state index contributed by atoms with van der Waals surface area (Å²) in [6.45, 7) is 3.67. The Morgan fingerprint density at radius 3 is 2.33 bits per heavy atom. The minimum absolute atomic E-state index is 0.219. The molecule has 0 aliphatic heterocycles. The average Bonchev–Trinajstić information content (AvgIpc) is 3.56. The van der Waals surface area contributed by atoms with Crippen molar-refractivity contribution in [1.82, 2.24) is 19.7 Å². The van der Waals surface area contributed by atoms with E-state index >= 15 is 0 Å². The number of hydrogen-bond acceptors (Lipinski definition) is 8. The van der Waals surface area contributed by atoms with Crippen LogP contribution in [0.3, 0.4) is 0 Å². The van der Waals surface area contributed by atoms with Crippen LogP contribution in [0.4, 0.5) is 5.13 Å². The minimum Gasteiger partial charge on any atom is -0.301 e. The van der Waals surface area contributed by atoms with Gasteiger partial charge in [0.2, 0.25) is 5.91 Å². The second kappa shape index (κ2) is 11.5. The number of anilines is 1. The average molecular weight is 576 g/mol. The maximum absolute atomic E-state index is 13.2. The third kappa shape index (κ3) is 6.27. The molecule has 1 atom stereocenters. The molecule has 2 aromatic heterocycles. The van der Waals surface area contributed by atoms with Crippen molar-refractivity contribution >= 4 is 44.0 Å². The molecule has 5 rings (SSSR count). The highest BCUT2D eigenvalue weighted by molar-refractivity contribution is 8.00. The van der Waals surface area contributed by atoms with Crippen molar-refractivity contribution in [3.8, 4) is 16.9 Å². The van der Waals surface area contributed by atoms with Crippen LogP contribution in [0.2, 0.25) is 0 Å². The number of sulfone groups is 1. The van der Waals surface area contributed by atoms with E-state index in [1.165, 1.54) is 23.1 Å². The fourth-order valence-electron chi connectivity index (χ4n) is 3.80. The number of aromatic nitrogens is 4. The van der Waals surface area contributed by atoms with Crippen molar-refractivity contribution in [2.24, 2.45) is 0 Å². The van der Waals surface area contributed by atoms with Gasteiger partial charge in [-0.15, -0.1) is 21.5 Å². The predicted molar refractivity (Wildman–Crippen MR) is 155 cm³/mol. The molecule has 1 unspecified atom stereocenters. The van der Waals surface area contributed by atoms with E-state index < -0.39 is 15.1 Å². The quantitative estimate of drug-likeness (QED) is 0.222. The van der Waals surface area contributed by atoms with Gasteiger partial charge >= 0.3 is 0 Å². The molecule has 5 aromatic rings. The number of para-hydroxylation sites is 1. The van der Waals surface area contributed by atoms with Crippen LogP contribution in [0.5, 0.6) is 0 Å². The van der Waals surface area contributed by atoms with Crippen molar-refractivity contribution < 1.29 is 13.2 Å². The van der Waals surface area contributed by atoms with Crippen molar-refractivity contribution in [2.75, 3.05) is 5.32 Å². The van der Waals surface area contributed by atoms with Gasteiger partial charge in [-0.2, -0.15) is 0 Å². The lowest BCUT2D eigenvalue weighted by Gasteiger charge is -2.13. The fourth-order valence-corrected chi connectivity index (χ4v) is 6.65. The summed E-state index contributed by atoms with van der Waals surface area (Å²) in [6, 6.07) is 25.7. The van der Waals surface area contributed by atoms with Crippen LogP contribution >= 0.6 is 23.1 Å². The Balaban J connectivity index is 1.36. The first-order chi connectivity index (χ1) is 18.8. The Kier molecular flexibility index (Phi) is 7.92. The summed E-state index contributed by atoms with van der Waals surface area (Å²) in [5, 5.41) is 13.6. The SMILES string of the molecule is Cc1ccc(S(=O)(=O)Cc2nnc(SC(C)C(=O)Nc3nc(-c4ccccc4)cs3)n2-c2ccccc2)cc1. The Hall–Kier alpha value is -3.80. The molecule has 0 aliphatic rings. The highest BCUT2D eigenvalue weighted by atomic mass is 32.2. The summed E-state index contributed by atoms with van der Waals surface area (Å²) in [5.74, 6) is -0.310. The first-order valence-electron chi connectivity index (χ1n) is 12.1. The van der Waals surface area contributed by atoms with Crippen molar-refractivity contribution in [1.29, 1.82) is 0 Å². The summed E-state index contributed by atoms with van der Waals surface area (Å²) in [6.07, 6.45) is 0. The number of aryl methyl sites for hydroxylation is 1. The number of nitrogens with one attached hydrogen (secondary N) is 1. The second-order valence-corrected chi connectivity index (χ2v) is 13.0. The molecule has 0 saturated carbocycles.